The fraction of sp³-hybridized carbons (Fsp3) is 0.250. The summed E-state index contributed by atoms with van der Waals surface area (Å²) in [6, 6.07) is 4.13. The smallest absolute Gasteiger partial charge is 0.0104 e. The number of benzene rings is 1. The Morgan fingerprint density at radius 1 is 1.09 bits per heavy atom. The van der Waals surface area contributed by atoms with Crippen molar-refractivity contribution in [3.05, 3.63) is 23.3 Å². The Balaban J connectivity index is 0.000001000. The summed E-state index contributed by atoms with van der Waals surface area (Å²) in [6.07, 6.45) is 0. The van der Waals surface area contributed by atoms with Crippen molar-refractivity contribution in [2.45, 2.75) is 13.8 Å². The van der Waals surface area contributed by atoms with Gasteiger partial charge in [-0.25, -0.2) is 0 Å². The molecule has 1 radical (unpaired) electrons. The molecule has 0 saturated heterocycles. The van der Waals surface area contributed by atoms with E-state index in [2.05, 4.69) is 6.07 Å². The molecule has 3 heteroatoms. The van der Waals surface area contributed by atoms with Crippen LogP contribution in [0.15, 0.2) is 6.07 Å². The van der Waals surface area contributed by atoms with E-state index in [0.29, 0.717) is 0 Å². The van der Waals surface area contributed by atoms with Crippen molar-refractivity contribution in [3.63, 3.8) is 0 Å². The number of hydrogen-bond acceptors (Lipinski definition) is 2. The molecule has 0 aliphatic rings. The Morgan fingerprint density at radius 3 is 1.73 bits per heavy atom. The molecule has 2 nitrogen and oxygen atoms in total. The number of aryl methyl sites for hydroxylation is 2. The summed E-state index contributed by atoms with van der Waals surface area (Å²) in [4.78, 5) is 0. The monoisotopic (exact) mass is 226 g/mol. The average molecular weight is 226 g/mol. The molecule has 0 bridgehead atoms. The van der Waals surface area contributed by atoms with E-state index >= 15 is 0 Å². The molecule has 2 N–H and O–H groups in total. The zero-order valence-electron chi connectivity index (χ0n) is 6.55. The first kappa shape index (κ1) is 10.9. The van der Waals surface area contributed by atoms with Crippen molar-refractivity contribution in [2.75, 3.05) is 0 Å². The standard InChI is InChI=1S/C8H9O2.Y/c1-5-3-6(2)8(10)4-7(5)9;/h3,9-10H,1-2H3;/q-1;. The SMILES string of the molecule is Cc1cc(C)c(O)[c-]c1O.[Y]. The molecule has 1 rings (SSSR count). The van der Waals surface area contributed by atoms with Gasteiger partial charge in [-0.3, -0.25) is 0 Å². The molecule has 0 unspecified atom stereocenters. The topological polar surface area (TPSA) is 40.5 Å². The molecule has 0 heterocycles. The van der Waals surface area contributed by atoms with Crippen LogP contribution in [0, 0.1) is 19.9 Å². The molecule has 1 aromatic carbocycles. The number of phenolic OH excluding ortho intramolecular Hbond substituents is 2. The third kappa shape index (κ3) is 2.46. The predicted molar refractivity (Wildman–Crippen MR) is 38.1 cm³/mol. The van der Waals surface area contributed by atoms with Gasteiger partial charge in [-0.2, -0.15) is 6.07 Å². The molecule has 11 heavy (non-hydrogen) atoms. The number of aromatic hydroxyl groups is 2. The van der Waals surface area contributed by atoms with Crippen molar-refractivity contribution in [1.29, 1.82) is 0 Å². The maximum Gasteiger partial charge on any atom is 0.0104 e. The van der Waals surface area contributed by atoms with Crippen LogP contribution in [0.4, 0.5) is 0 Å². The Kier molecular flexibility index (Phi) is 4.05. The van der Waals surface area contributed by atoms with Crippen LogP contribution in [-0.4, -0.2) is 10.2 Å². The average Bonchev–Trinajstić information content (AvgIpc) is 1.84. The van der Waals surface area contributed by atoms with Gasteiger partial charge in [0.25, 0.3) is 0 Å². The minimum absolute atomic E-state index is 0. The number of phenols is 2. The van der Waals surface area contributed by atoms with E-state index in [-0.39, 0.29) is 44.2 Å². The normalized spacial score (nSPS) is 8.91. The third-order valence-electron chi connectivity index (χ3n) is 1.42. The fourth-order valence-corrected chi connectivity index (χ4v) is 0.771. The summed E-state index contributed by atoms with van der Waals surface area (Å²) in [5.74, 6) is 0.0335. The number of hydrogen-bond donors (Lipinski definition) is 2. The van der Waals surface area contributed by atoms with Crippen molar-refractivity contribution < 1.29 is 42.9 Å². The summed E-state index contributed by atoms with van der Waals surface area (Å²) in [5, 5.41) is 18.0. The van der Waals surface area contributed by atoms with Gasteiger partial charge in [0.15, 0.2) is 0 Å². The summed E-state index contributed by atoms with van der Waals surface area (Å²) >= 11 is 0. The minimum atomic E-state index is 0. The van der Waals surface area contributed by atoms with Crippen LogP contribution in [0.1, 0.15) is 11.1 Å². The van der Waals surface area contributed by atoms with E-state index in [1.807, 2.05) is 0 Å². The Hall–Kier alpha value is -0.0761. The Labute approximate surface area is 91.1 Å². The van der Waals surface area contributed by atoms with Crippen molar-refractivity contribution in [3.8, 4) is 11.5 Å². The molecule has 0 spiro atoms. The van der Waals surface area contributed by atoms with Crippen LogP contribution in [0.5, 0.6) is 11.5 Å². The van der Waals surface area contributed by atoms with Gasteiger partial charge in [0.05, 0.1) is 0 Å². The maximum absolute atomic E-state index is 9.01. The van der Waals surface area contributed by atoms with Gasteiger partial charge in [-0.05, 0) is 0 Å². The second-order valence-corrected chi connectivity index (χ2v) is 2.33. The first-order chi connectivity index (χ1) is 4.61. The quantitative estimate of drug-likeness (QED) is 0.658. The molecule has 0 atom stereocenters. The zero-order chi connectivity index (χ0) is 7.72. The van der Waals surface area contributed by atoms with Crippen molar-refractivity contribution in [2.24, 2.45) is 0 Å². The van der Waals surface area contributed by atoms with Gasteiger partial charge in [0.1, 0.15) is 0 Å². The second-order valence-electron chi connectivity index (χ2n) is 2.33. The van der Waals surface area contributed by atoms with E-state index in [0.717, 1.165) is 11.1 Å². The molecular formula is C8H9O2Y-. The molecule has 0 aromatic heterocycles. The predicted octanol–water partition coefficient (Wildman–Crippen LogP) is 1.51. The summed E-state index contributed by atoms with van der Waals surface area (Å²) in [6.45, 7) is 3.52. The minimum Gasteiger partial charge on any atom is -0.534 e. The summed E-state index contributed by atoms with van der Waals surface area (Å²) in [5.41, 5.74) is 1.46. The van der Waals surface area contributed by atoms with Gasteiger partial charge >= 0.3 is 0 Å². The first-order valence-corrected chi connectivity index (χ1v) is 3.02. The van der Waals surface area contributed by atoms with Gasteiger partial charge < -0.3 is 10.2 Å². The van der Waals surface area contributed by atoms with Gasteiger partial charge in [-0.15, -0.1) is 11.1 Å². The third-order valence-corrected chi connectivity index (χ3v) is 1.42. The Bertz CT molecular complexity index is 208. The second kappa shape index (κ2) is 4.08. The molecule has 0 amide bonds. The summed E-state index contributed by atoms with van der Waals surface area (Å²) in [7, 11) is 0. The van der Waals surface area contributed by atoms with Crippen LogP contribution >= 0.6 is 0 Å². The van der Waals surface area contributed by atoms with E-state index in [9.17, 15) is 0 Å². The molecule has 0 aliphatic carbocycles. The van der Waals surface area contributed by atoms with Gasteiger partial charge in [0, 0.05) is 44.2 Å². The zero-order valence-corrected chi connectivity index (χ0v) is 9.39. The fourth-order valence-electron chi connectivity index (χ4n) is 0.771. The maximum atomic E-state index is 9.01. The van der Waals surface area contributed by atoms with Gasteiger partial charge in [-0.1, -0.05) is 19.9 Å². The molecule has 0 fully saturated rings. The van der Waals surface area contributed by atoms with E-state index in [1.165, 1.54) is 0 Å². The van der Waals surface area contributed by atoms with E-state index in [1.54, 1.807) is 19.9 Å². The van der Waals surface area contributed by atoms with Crippen LogP contribution in [0.3, 0.4) is 0 Å². The van der Waals surface area contributed by atoms with Crippen LogP contribution in [0.2, 0.25) is 0 Å². The van der Waals surface area contributed by atoms with Gasteiger partial charge in [0.2, 0.25) is 0 Å². The van der Waals surface area contributed by atoms with E-state index < -0.39 is 0 Å². The van der Waals surface area contributed by atoms with Crippen molar-refractivity contribution in [1.82, 2.24) is 0 Å². The number of rotatable bonds is 0. The molecule has 1 aromatic rings. The van der Waals surface area contributed by atoms with Crippen molar-refractivity contribution >= 4 is 0 Å². The Morgan fingerprint density at radius 2 is 1.45 bits per heavy atom. The van der Waals surface area contributed by atoms with E-state index in [4.69, 9.17) is 10.2 Å². The van der Waals surface area contributed by atoms with Crippen LogP contribution < -0.4 is 0 Å². The molecule has 0 saturated carbocycles. The van der Waals surface area contributed by atoms with Crippen LogP contribution in [-0.2, 0) is 32.7 Å². The molecule has 57 valence electrons. The first-order valence-electron chi connectivity index (χ1n) is 3.02. The molecule has 0 aliphatic heterocycles. The largest absolute Gasteiger partial charge is 0.534 e. The molecular weight excluding hydrogens is 217 g/mol. The van der Waals surface area contributed by atoms with Crippen LogP contribution in [0.25, 0.3) is 0 Å². The summed E-state index contributed by atoms with van der Waals surface area (Å²) < 4.78 is 0.